The Morgan fingerprint density at radius 3 is 3.04 bits per heavy atom. The van der Waals surface area contributed by atoms with Crippen LogP contribution in [0, 0.1) is 0 Å². The molecule has 4 atom stereocenters. The van der Waals surface area contributed by atoms with Gasteiger partial charge < -0.3 is 43.0 Å². The zero-order chi connectivity index (χ0) is 18.0. The molecule has 0 amide bonds. The van der Waals surface area contributed by atoms with Crippen molar-refractivity contribution in [2.24, 2.45) is 0 Å². The maximum Gasteiger partial charge on any atom is 0.166 e. The minimum atomic E-state index is -2.09. The summed E-state index contributed by atoms with van der Waals surface area (Å²) in [7, 11) is 3.42. The third-order valence-electron chi connectivity index (χ3n) is 5.34. The summed E-state index contributed by atoms with van der Waals surface area (Å²) >= 11 is 0. The highest BCUT2D eigenvalue weighted by molar-refractivity contribution is 5.60. The van der Waals surface area contributed by atoms with Crippen LogP contribution < -0.4 is 33.5 Å². The molecule has 0 aromatic heterocycles. The van der Waals surface area contributed by atoms with Crippen molar-refractivity contribution < 1.29 is 47.2 Å². The van der Waals surface area contributed by atoms with Crippen LogP contribution in [0.5, 0.6) is 11.5 Å². The normalized spacial score (nSPS) is 39.5. The molecule has 0 radical (unpaired) electrons. The Morgan fingerprint density at radius 1 is 1.48 bits per heavy atom. The van der Waals surface area contributed by atoms with Crippen LogP contribution in [0.15, 0.2) is 24.3 Å². The summed E-state index contributed by atoms with van der Waals surface area (Å²) in [4.78, 5) is 0. The summed E-state index contributed by atoms with van der Waals surface area (Å²) in [6.07, 6.45) is 4.31. The smallest absolute Gasteiger partial charge is 0.166 e. The highest BCUT2D eigenvalue weighted by Crippen LogP contribution is 2.56. The Morgan fingerprint density at radius 2 is 2.30 bits per heavy atom. The van der Waals surface area contributed by atoms with E-state index in [4.69, 9.17) is 13.6 Å². The van der Waals surface area contributed by atoms with Crippen molar-refractivity contribution in [1.82, 2.24) is 0 Å². The number of quaternary nitrogens is 1. The van der Waals surface area contributed by atoms with Crippen LogP contribution in [0.3, 0.4) is 0 Å². The fraction of sp³-hybridized carbons (Fsp3) is 0.556. The van der Waals surface area contributed by atoms with Gasteiger partial charge in [-0.1, -0.05) is 12.2 Å². The summed E-state index contributed by atoms with van der Waals surface area (Å²) in [5.41, 5.74) is 1.65. The van der Waals surface area contributed by atoms with Gasteiger partial charge in [0.15, 0.2) is 11.5 Å². The first-order chi connectivity index (χ1) is 11.7. The first-order valence-electron chi connectivity index (χ1n) is 9.29. The monoisotopic (exact) mass is 435 g/mol. The second kappa shape index (κ2) is 5.63. The van der Waals surface area contributed by atoms with E-state index in [1.807, 2.05) is 24.3 Å². The van der Waals surface area contributed by atoms with E-state index in [2.05, 4.69) is 0 Å². The zero-order valence-electron chi connectivity index (χ0n) is 16.4. The number of rotatable bonds is 1. The maximum atomic E-state index is 10.1. The minimum Gasteiger partial charge on any atom is -1.00 e. The molecule has 1 N–H and O–H groups in total. The standard InChI is InChI=1S/C18H24NO3.HI/c1-19(2)9-8-18-7-6-13(20)10-15(18)22-17-14(21-3)5-4-12(11-19)16(17)18;/h4-7,13,15,20H,8-11H2,1-3H3;1H/q+1;/p-1/t13-,15-,18-;/m0./s1/i1T3;/t13-,15-,18-,19?;. The van der Waals surface area contributed by atoms with Crippen LogP contribution in [-0.2, 0) is 12.0 Å². The van der Waals surface area contributed by atoms with Crippen LogP contribution in [0.1, 0.15) is 28.1 Å². The summed E-state index contributed by atoms with van der Waals surface area (Å²) in [5, 5.41) is 10.1. The van der Waals surface area contributed by atoms with Crippen LogP contribution in [0.2, 0.25) is 0 Å². The molecule has 1 aromatic rings. The van der Waals surface area contributed by atoms with Gasteiger partial charge in [0, 0.05) is 24.0 Å². The molecule has 4 rings (SSSR count). The van der Waals surface area contributed by atoms with Crippen molar-refractivity contribution in [3.8, 4) is 11.5 Å². The minimum absolute atomic E-state index is 0. The molecule has 5 heteroatoms. The topological polar surface area (TPSA) is 38.7 Å². The molecule has 1 spiro atoms. The van der Waals surface area contributed by atoms with E-state index in [1.54, 1.807) is 14.2 Å². The first-order valence-corrected chi connectivity index (χ1v) is 7.79. The Hall–Kier alpha value is -0.790. The van der Waals surface area contributed by atoms with Crippen LogP contribution in [0.4, 0.5) is 0 Å². The van der Waals surface area contributed by atoms with Crippen LogP contribution >= 0.6 is 0 Å². The Balaban J connectivity index is 0.00000196. The molecule has 126 valence electrons. The number of hydrogen-bond donors (Lipinski definition) is 1. The van der Waals surface area contributed by atoms with Gasteiger partial charge in [-0.05, 0) is 12.1 Å². The molecule has 1 aliphatic carbocycles. The fourth-order valence-electron chi connectivity index (χ4n) is 4.22. The lowest BCUT2D eigenvalue weighted by molar-refractivity contribution is -0.903. The molecule has 1 aromatic carbocycles. The number of aliphatic hydroxyl groups is 1. The van der Waals surface area contributed by atoms with Gasteiger partial charge in [-0.2, -0.15) is 0 Å². The van der Waals surface area contributed by atoms with Crippen LogP contribution in [0.25, 0.3) is 0 Å². The van der Waals surface area contributed by atoms with Crippen molar-refractivity contribution in [3.63, 3.8) is 0 Å². The molecule has 2 heterocycles. The Kier molecular flexibility index (Phi) is 3.31. The zero-order valence-corrected chi connectivity index (χ0v) is 15.5. The molecule has 3 aliphatic rings. The largest absolute Gasteiger partial charge is 1.00 e. The predicted octanol–water partition coefficient (Wildman–Crippen LogP) is -1.00. The molecular formula is C18H24INO3. The lowest BCUT2D eigenvalue weighted by Crippen LogP contribution is -3.00. The summed E-state index contributed by atoms with van der Waals surface area (Å²) in [6.45, 7) is -1.14. The number of ether oxygens (including phenoxy) is 2. The average Bonchev–Trinajstić information content (AvgIpc) is 2.80. The number of halogens is 1. The van der Waals surface area contributed by atoms with E-state index in [0.29, 0.717) is 37.4 Å². The maximum absolute atomic E-state index is 10.1. The molecule has 0 bridgehead atoms. The van der Waals surface area contributed by atoms with Gasteiger partial charge in [0.2, 0.25) is 0 Å². The average molecular weight is 435 g/mol. The molecule has 0 fully saturated rings. The molecule has 0 saturated carbocycles. The number of aliphatic hydroxyl groups excluding tert-OH is 1. The van der Waals surface area contributed by atoms with E-state index in [0.717, 1.165) is 11.1 Å². The van der Waals surface area contributed by atoms with Crippen molar-refractivity contribution >= 4 is 0 Å². The van der Waals surface area contributed by atoms with E-state index >= 15 is 0 Å². The fourth-order valence-corrected chi connectivity index (χ4v) is 4.22. The second-order valence-corrected chi connectivity index (χ2v) is 6.97. The van der Waals surface area contributed by atoms with Gasteiger partial charge >= 0.3 is 0 Å². The van der Waals surface area contributed by atoms with E-state index in [-0.39, 0.29) is 40.0 Å². The summed E-state index contributed by atoms with van der Waals surface area (Å²) in [5.74, 6) is 1.38. The SMILES string of the molecule is [3H]C([3H])([3H])[N+]1(C)CC[C@@]23C=C[C@H](O)C[C@@H]2Oc2c(OC)ccc(c23)C1.[I-]. The summed E-state index contributed by atoms with van der Waals surface area (Å²) in [6, 6.07) is 3.83. The van der Waals surface area contributed by atoms with E-state index in [1.165, 1.54) is 0 Å². The first kappa shape index (κ1) is 13.5. The van der Waals surface area contributed by atoms with Gasteiger partial charge in [0.1, 0.15) is 12.6 Å². The lowest BCUT2D eigenvalue weighted by atomic mass is 9.69. The van der Waals surface area contributed by atoms with Crippen molar-refractivity contribution in [2.75, 3.05) is 27.7 Å². The predicted molar refractivity (Wildman–Crippen MR) is 84.1 cm³/mol. The van der Waals surface area contributed by atoms with Gasteiger partial charge in [-0.25, -0.2) is 0 Å². The highest BCUT2D eigenvalue weighted by Gasteiger charge is 2.54. The number of benzene rings is 1. The molecule has 4 nitrogen and oxygen atoms in total. The molecular weight excluding hydrogens is 405 g/mol. The lowest BCUT2D eigenvalue weighted by Gasteiger charge is -2.36. The van der Waals surface area contributed by atoms with E-state index in [9.17, 15) is 5.11 Å². The second-order valence-electron chi connectivity index (χ2n) is 6.97. The van der Waals surface area contributed by atoms with Crippen molar-refractivity contribution in [3.05, 3.63) is 35.4 Å². The van der Waals surface area contributed by atoms with E-state index < -0.39 is 13.1 Å². The third kappa shape index (κ3) is 2.48. The quantitative estimate of drug-likeness (QED) is 0.350. The highest BCUT2D eigenvalue weighted by atomic mass is 127. The molecule has 23 heavy (non-hydrogen) atoms. The Labute approximate surface area is 158 Å². The van der Waals surface area contributed by atoms with Gasteiger partial charge in [-0.3, -0.25) is 0 Å². The van der Waals surface area contributed by atoms with Gasteiger partial charge in [-0.15, -0.1) is 0 Å². The molecule has 2 aliphatic heterocycles. The molecule has 0 saturated heterocycles. The molecule has 1 unspecified atom stereocenters. The Bertz CT molecular complexity index is 754. The van der Waals surface area contributed by atoms with Gasteiger partial charge in [0.25, 0.3) is 0 Å². The third-order valence-corrected chi connectivity index (χ3v) is 5.34. The number of hydrogen-bond acceptors (Lipinski definition) is 3. The van der Waals surface area contributed by atoms with Crippen molar-refractivity contribution in [1.29, 1.82) is 0 Å². The number of nitrogens with zero attached hydrogens (tertiary/aromatic N) is 1. The number of methoxy groups -OCH3 is 1. The van der Waals surface area contributed by atoms with Crippen LogP contribution in [-0.4, -0.2) is 49.5 Å². The van der Waals surface area contributed by atoms with Gasteiger partial charge in [0.05, 0.1) is 43.3 Å². The summed E-state index contributed by atoms with van der Waals surface area (Å²) < 4.78 is 35.8. The van der Waals surface area contributed by atoms with Crippen molar-refractivity contribution in [2.45, 2.75) is 37.0 Å².